The predicted octanol–water partition coefficient (Wildman–Crippen LogP) is 5.41. The highest BCUT2D eigenvalue weighted by atomic mass is 35.5. The number of carbonyl (C=O) groups excluding carboxylic acids is 2. The molecule has 0 radical (unpaired) electrons. The first kappa shape index (κ1) is 29.8. The lowest BCUT2D eigenvalue weighted by atomic mass is 9.97. The molecule has 10 nitrogen and oxygen atoms in total. The number of piperidine rings is 1. The first-order valence-electron chi connectivity index (χ1n) is 14.3. The molecule has 3 aromatic rings. The lowest BCUT2D eigenvalue weighted by molar-refractivity contribution is -0.151. The van der Waals surface area contributed by atoms with Crippen molar-refractivity contribution in [2.24, 2.45) is 5.92 Å². The number of ether oxygens (including phenoxy) is 4. The van der Waals surface area contributed by atoms with Crippen LogP contribution in [0.15, 0.2) is 36.4 Å². The van der Waals surface area contributed by atoms with Gasteiger partial charge in [0.15, 0.2) is 17.3 Å². The SMILES string of the molecule is CCOC(=O)C1CCCN(C(=O)CC2OC(c3cccc(OC)c3OC)c3cc(Cl)ccc3-n3c(C(C)C)nnc32)C1. The van der Waals surface area contributed by atoms with E-state index in [1.807, 2.05) is 54.8 Å². The molecule has 2 aromatic carbocycles. The molecule has 1 saturated heterocycles. The van der Waals surface area contributed by atoms with Gasteiger partial charge in [0.1, 0.15) is 18.0 Å². The minimum atomic E-state index is -0.757. The Morgan fingerprint density at radius 2 is 1.93 bits per heavy atom. The van der Waals surface area contributed by atoms with Crippen molar-refractivity contribution in [1.82, 2.24) is 19.7 Å². The van der Waals surface area contributed by atoms with Gasteiger partial charge in [-0.3, -0.25) is 14.2 Å². The Bertz CT molecular complexity index is 1460. The van der Waals surface area contributed by atoms with Crippen LogP contribution in [0.3, 0.4) is 0 Å². The summed E-state index contributed by atoms with van der Waals surface area (Å²) >= 11 is 6.55. The van der Waals surface area contributed by atoms with E-state index in [1.54, 1.807) is 26.0 Å². The molecule has 1 amide bonds. The number of hydrogen-bond acceptors (Lipinski definition) is 8. The van der Waals surface area contributed by atoms with Gasteiger partial charge in [0, 0.05) is 35.2 Å². The van der Waals surface area contributed by atoms with Crippen LogP contribution in [-0.2, 0) is 19.1 Å². The zero-order valence-electron chi connectivity index (χ0n) is 24.6. The van der Waals surface area contributed by atoms with Crippen LogP contribution >= 0.6 is 11.6 Å². The molecule has 224 valence electrons. The standard InChI is InChI=1S/C31H37ClN4O6/c1-6-41-31(38)19-9-8-14-35(17-19)26(37)16-25-30-34-33-29(18(2)3)36(30)23-13-12-20(32)15-22(23)27(42-25)21-10-7-11-24(39-4)28(21)40-5/h7,10-13,15,18-19,25,27H,6,8-9,14,16-17H2,1-5H3. The molecular weight excluding hydrogens is 560 g/mol. The molecule has 0 saturated carbocycles. The van der Waals surface area contributed by atoms with Crippen molar-refractivity contribution in [3.63, 3.8) is 0 Å². The number of amides is 1. The smallest absolute Gasteiger partial charge is 0.310 e. The van der Waals surface area contributed by atoms with Crippen molar-refractivity contribution in [3.8, 4) is 17.2 Å². The summed E-state index contributed by atoms with van der Waals surface area (Å²) in [6.45, 7) is 7.07. The highest BCUT2D eigenvalue weighted by Gasteiger charge is 2.38. The van der Waals surface area contributed by atoms with E-state index in [0.29, 0.717) is 48.5 Å². The normalized spacial score (nSPS) is 20.0. The Balaban J connectivity index is 1.59. The number of halogens is 1. The van der Waals surface area contributed by atoms with E-state index in [0.717, 1.165) is 29.1 Å². The highest BCUT2D eigenvalue weighted by Crippen LogP contribution is 2.46. The number of fused-ring (bicyclic) bond motifs is 3. The molecule has 0 N–H and O–H groups in total. The molecule has 0 spiro atoms. The lowest BCUT2D eigenvalue weighted by Gasteiger charge is -2.32. The number of carbonyl (C=O) groups is 2. The summed E-state index contributed by atoms with van der Waals surface area (Å²) < 4.78 is 25.5. The maximum atomic E-state index is 13.8. The number of esters is 1. The number of nitrogens with zero attached hydrogens (tertiary/aromatic N) is 4. The second-order valence-corrected chi connectivity index (χ2v) is 11.3. The second kappa shape index (κ2) is 12.7. The minimum Gasteiger partial charge on any atom is -0.493 e. The highest BCUT2D eigenvalue weighted by molar-refractivity contribution is 6.30. The van der Waals surface area contributed by atoms with Crippen molar-refractivity contribution in [3.05, 3.63) is 64.2 Å². The Morgan fingerprint density at radius 1 is 1.12 bits per heavy atom. The average Bonchev–Trinajstić information content (AvgIpc) is 3.39. The van der Waals surface area contributed by atoms with Crippen molar-refractivity contribution in [1.29, 1.82) is 0 Å². The third-order valence-corrected chi connectivity index (χ3v) is 8.04. The van der Waals surface area contributed by atoms with Crippen molar-refractivity contribution >= 4 is 23.5 Å². The maximum absolute atomic E-state index is 13.8. The van der Waals surface area contributed by atoms with Gasteiger partial charge in [0.05, 0.1) is 38.9 Å². The second-order valence-electron chi connectivity index (χ2n) is 10.8. The van der Waals surface area contributed by atoms with E-state index in [9.17, 15) is 9.59 Å². The van der Waals surface area contributed by atoms with Crippen molar-refractivity contribution in [2.45, 2.75) is 58.2 Å². The summed E-state index contributed by atoms with van der Waals surface area (Å²) in [7, 11) is 3.17. The monoisotopic (exact) mass is 596 g/mol. The number of hydrogen-bond donors (Lipinski definition) is 0. The molecule has 1 aromatic heterocycles. The van der Waals surface area contributed by atoms with Crippen molar-refractivity contribution in [2.75, 3.05) is 33.9 Å². The van der Waals surface area contributed by atoms with E-state index < -0.39 is 12.2 Å². The first-order valence-corrected chi connectivity index (χ1v) is 14.7. The molecule has 5 rings (SSSR count). The van der Waals surface area contributed by atoms with E-state index in [2.05, 4.69) is 10.2 Å². The van der Waals surface area contributed by atoms with Crippen LogP contribution in [0.2, 0.25) is 5.02 Å². The molecule has 0 bridgehead atoms. The number of para-hydroxylation sites is 1. The number of methoxy groups -OCH3 is 2. The summed E-state index contributed by atoms with van der Waals surface area (Å²) in [6, 6.07) is 11.2. The largest absolute Gasteiger partial charge is 0.493 e. The van der Waals surface area contributed by atoms with Gasteiger partial charge in [-0.25, -0.2) is 0 Å². The van der Waals surface area contributed by atoms with Crippen LogP contribution < -0.4 is 9.47 Å². The summed E-state index contributed by atoms with van der Waals surface area (Å²) in [5.41, 5.74) is 2.32. The number of likely N-dealkylation sites (tertiary alicyclic amines) is 1. The third-order valence-electron chi connectivity index (χ3n) is 7.80. The van der Waals surface area contributed by atoms with Gasteiger partial charge in [-0.15, -0.1) is 10.2 Å². The maximum Gasteiger partial charge on any atom is 0.310 e. The van der Waals surface area contributed by atoms with Gasteiger partial charge < -0.3 is 23.8 Å². The molecule has 3 unspecified atom stereocenters. The van der Waals surface area contributed by atoms with Gasteiger partial charge in [0.2, 0.25) is 5.91 Å². The zero-order chi connectivity index (χ0) is 30.0. The third kappa shape index (κ3) is 5.70. The van der Waals surface area contributed by atoms with E-state index in [-0.39, 0.29) is 30.1 Å². The van der Waals surface area contributed by atoms with Gasteiger partial charge in [-0.2, -0.15) is 0 Å². The van der Waals surface area contributed by atoms with Gasteiger partial charge >= 0.3 is 5.97 Å². The Morgan fingerprint density at radius 3 is 2.64 bits per heavy atom. The molecular formula is C31H37ClN4O6. The Kier molecular flexibility index (Phi) is 9.03. The number of rotatable bonds is 8. The molecule has 2 aliphatic rings. The summed E-state index contributed by atoms with van der Waals surface area (Å²) in [4.78, 5) is 28.0. The molecule has 1 fully saturated rings. The topological polar surface area (TPSA) is 105 Å². The molecule has 3 atom stereocenters. The van der Waals surface area contributed by atoms with Crippen LogP contribution in [0.25, 0.3) is 5.69 Å². The molecule has 3 heterocycles. The zero-order valence-corrected chi connectivity index (χ0v) is 25.4. The van der Waals surface area contributed by atoms with Gasteiger partial charge in [-0.05, 0) is 44.0 Å². The van der Waals surface area contributed by atoms with Crippen molar-refractivity contribution < 1.29 is 28.5 Å². The van der Waals surface area contributed by atoms with Gasteiger partial charge in [-0.1, -0.05) is 37.6 Å². The van der Waals surface area contributed by atoms with Crippen LogP contribution in [-0.4, -0.2) is 65.5 Å². The molecule has 42 heavy (non-hydrogen) atoms. The van der Waals surface area contributed by atoms with E-state index in [4.69, 9.17) is 30.5 Å². The quantitative estimate of drug-likeness (QED) is 0.318. The fourth-order valence-electron chi connectivity index (χ4n) is 5.82. The molecule has 11 heteroatoms. The van der Waals surface area contributed by atoms with E-state index >= 15 is 0 Å². The summed E-state index contributed by atoms with van der Waals surface area (Å²) in [5, 5.41) is 9.62. The van der Waals surface area contributed by atoms with Crippen LogP contribution in [0.5, 0.6) is 11.5 Å². The van der Waals surface area contributed by atoms with Crippen LogP contribution in [0.4, 0.5) is 0 Å². The Hall–Kier alpha value is -3.63. The fourth-order valence-corrected chi connectivity index (χ4v) is 6.00. The molecule has 0 aliphatic carbocycles. The van der Waals surface area contributed by atoms with Crippen LogP contribution in [0, 0.1) is 5.92 Å². The minimum absolute atomic E-state index is 0.0102. The van der Waals surface area contributed by atoms with Gasteiger partial charge in [0.25, 0.3) is 0 Å². The Labute approximate surface area is 250 Å². The van der Waals surface area contributed by atoms with Crippen LogP contribution in [0.1, 0.15) is 80.9 Å². The summed E-state index contributed by atoms with van der Waals surface area (Å²) in [6.07, 6.45) is 0.00479. The average molecular weight is 597 g/mol. The fraction of sp³-hybridized carbons (Fsp3) is 0.484. The summed E-state index contributed by atoms with van der Waals surface area (Å²) in [5.74, 6) is 1.66. The first-order chi connectivity index (χ1) is 20.3. The number of benzene rings is 2. The predicted molar refractivity (Wildman–Crippen MR) is 156 cm³/mol. The molecule has 2 aliphatic heterocycles. The number of aromatic nitrogens is 3. The lowest BCUT2D eigenvalue weighted by Crippen LogP contribution is -2.43. The van der Waals surface area contributed by atoms with E-state index in [1.165, 1.54) is 0 Å².